The molecule has 0 heterocycles. The normalized spacial score (nSPS) is 13.4. The summed E-state index contributed by atoms with van der Waals surface area (Å²) in [6.07, 6.45) is 47.0. The first kappa shape index (κ1) is 54.3. The van der Waals surface area contributed by atoms with Crippen LogP contribution in [0.4, 0.5) is 0 Å². The summed E-state index contributed by atoms with van der Waals surface area (Å²) in [5, 5.41) is 11.6. The zero-order chi connectivity index (χ0) is 42.1. The van der Waals surface area contributed by atoms with Crippen LogP contribution in [0.2, 0.25) is 0 Å². The van der Waals surface area contributed by atoms with Gasteiger partial charge in [0.1, 0.15) is 12.6 Å². The number of aliphatic carboxylic acids is 1. The molecule has 0 aliphatic heterocycles. The standard InChI is InChI=1S/C49H87NO7/c1-6-8-10-12-14-16-18-20-22-23-24-26-28-30-32-34-36-38-40-48(52)57-45(43-55-42-41-46(49(53)54)50(3,4)5)44-56-47(51)39-37-35-33-31-29-27-25-21-19-17-15-13-11-9-7-2/h9,11,13,15,17,19,24,26,45-46H,6-8,10,12,14,16,18,20-23,25,27-44H2,1-5H3/b11-9+,15-13+,19-17+,26-24+. The zero-order valence-corrected chi connectivity index (χ0v) is 37.5. The maximum absolute atomic E-state index is 12.7. The number of rotatable bonds is 41. The highest BCUT2D eigenvalue weighted by molar-refractivity contribution is 5.70. The van der Waals surface area contributed by atoms with Gasteiger partial charge in [-0.1, -0.05) is 165 Å². The molecule has 0 aromatic rings. The van der Waals surface area contributed by atoms with Crippen LogP contribution in [0.5, 0.6) is 0 Å². The second-order valence-corrected chi connectivity index (χ2v) is 16.7. The summed E-state index contributed by atoms with van der Waals surface area (Å²) < 4.78 is 17.2. The van der Waals surface area contributed by atoms with Crippen molar-refractivity contribution in [2.24, 2.45) is 0 Å². The fraction of sp³-hybridized carbons (Fsp3) is 0.776. The van der Waals surface area contributed by atoms with Gasteiger partial charge in [0.15, 0.2) is 6.10 Å². The van der Waals surface area contributed by atoms with E-state index in [-0.39, 0.29) is 42.7 Å². The number of ether oxygens (including phenoxy) is 3. The Labute approximate surface area is 350 Å². The van der Waals surface area contributed by atoms with Crippen molar-refractivity contribution in [1.82, 2.24) is 0 Å². The van der Waals surface area contributed by atoms with Crippen LogP contribution in [0.15, 0.2) is 48.6 Å². The molecule has 0 amide bonds. The van der Waals surface area contributed by atoms with E-state index in [4.69, 9.17) is 14.2 Å². The summed E-state index contributed by atoms with van der Waals surface area (Å²) in [4.78, 5) is 36.9. The van der Waals surface area contributed by atoms with E-state index in [0.29, 0.717) is 12.8 Å². The number of esters is 2. The Hall–Kier alpha value is -2.71. The van der Waals surface area contributed by atoms with Crippen LogP contribution in [0.3, 0.4) is 0 Å². The molecule has 0 aliphatic rings. The molecule has 0 aliphatic carbocycles. The summed E-state index contributed by atoms with van der Waals surface area (Å²) in [7, 11) is 5.40. The molecule has 0 N–H and O–H groups in total. The maximum Gasteiger partial charge on any atom is 0.306 e. The molecule has 0 aromatic heterocycles. The van der Waals surface area contributed by atoms with Crippen LogP contribution in [-0.4, -0.2) is 75.5 Å². The number of nitrogens with zero attached hydrogens (tertiary/aromatic N) is 1. The van der Waals surface area contributed by atoms with E-state index in [9.17, 15) is 19.5 Å². The van der Waals surface area contributed by atoms with Crippen LogP contribution in [0.25, 0.3) is 0 Å². The van der Waals surface area contributed by atoms with Gasteiger partial charge in [-0.05, 0) is 57.8 Å². The summed E-state index contributed by atoms with van der Waals surface area (Å²) in [5.41, 5.74) is 0. The average molecular weight is 802 g/mol. The molecular weight excluding hydrogens is 715 g/mol. The van der Waals surface area contributed by atoms with Gasteiger partial charge in [0, 0.05) is 19.3 Å². The monoisotopic (exact) mass is 802 g/mol. The highest BCUT2D eigenvalue weighted by Gasteiger charge is 2.25. The molecule has 0 bridgehead atoms. The van der Waals surface area contributed by atoms with Crippen molar-refractivity contribution in [3.05, 3.63) is 48.6 Å². The van der Waals surface area contributed by atoms with Crippen LogP contribution < -0.4 is 5.11 Å². The number of carboxylic acid groups (broad SMARTS) is 1. The molecule has 0 aromatic carbocycles. The lowest BCUT2D eigenvalue weighted by molar-refractivity contribution is -0.889. The van der Waals surface area contributed by atoms with Crippen molar-refractivity contribution in [1.29, 1.82) is 0 Å². The molecule has 0 spiro atoms. The average Bonchev–Trinajstić information content (AvgIpc) is 3.17. The Morgan fingerprint density at radius 1 is 0.544 bits per heavy atom. The fourth-order valence-electron chi connectivity index (χ4n) is 6.65. The highest BCUT2D eigenvalue weighted by Crippen LogP contribution is 2.14. The van der Waals surface area contributed by atoms with Gasteiger partial charge in [0.2, 0.25) is 0 Å². The van der Waals surface area contributed by atoms with Gasteiger partial charge in [-0.15, -0.1) is 0 Å². The Bertz CT molecular complexity index is 1070. The third-order valence-electron chi connectivity index (χ3n) is 10.3. The van der Waals surface area contributed by atoms with Crippen LogP contribution in [0.1, 0.15) is 194 Å². The Morgan fingerprint density at radius 2 is 1.00 bits per heavy atom. The molecule has 8 nitrogen and oxygen atoms in total. The third-order valence-corrected chi connectivity index (χ3v) is 10.3. The first-order valence-corrected chi connectivity index (χ1v) is 23.2. The number of hydrogen-bond donors (Lipinski definition) is 0. The number of hydrogen-bond acceptors (Lipinski definition) is 7. The Balaban J connectivity index is 4.33. The zero-order valence-electron chi connectivity index (χ0n) is 37.5. The van der Waals surface area contributed by atoms with Gasteiger partial charge in [-0.3, -0.25) is 9.59 Å². The van der Waals surface area contributed by atoms with Crippen molar-refractivity contribution in [3.63, 3.8) is 0 Å². The lowest BCUT2D eigenvalue weighted by atomic mass is 10.1. The quantitative estimate of drug-likeness (QED) is 0.0199. The number of unbranched alkanes of at least 4 members (excludes halogenated alkanes) is 21. The van der Waals surface area contributed by atoms with Crippen molar-refractivity contribution < 1.29 is 38.2 Å². The number of quaternary nitrogens is 1. The minimum absolute atomic E-state index is 0.0331. The summed E-state index contributed by atoms with van der Waals surface area (Å²) in [5.74, 6) is -1.76. The molecule has 0 radical (unpaired) electrons. The molecule has 0 saturated heterocycles. The van der Waals surface area contributed by atoms with E-state index in [1.165, 1.54) is 96.3 Å². The summed E-state index contributed by atoms with van der Waals surface area (Å²) in [6, 6.07) is -0.729. The molecule has 0 rings (SSSR count). The smallest absolute Gasteiger partial charge is 0.306 e. The maximum atomic E-state index is 12.7. The molecule has 0 saturated carbocycles. The Kier molecular flexibility index (Phi) is 38.2. The first-order valence-electron chi connectivity index (χ1n) is 23.2. The predicted molar refractivity (Wildman–Crippen MR) is 236 cm³/mol. The Morgan fingerprint density at radius 3 is 1.49 bits per heavy atom. The first-order chi connectivity index (χ1) is 27.6. The lowest BCUT2D eigenvalue weighted by Gasteiger charge is -2.34. The van der Waals surface area contributed by atoms with Crippen LogP contribution in [0, 0.1) is 0 Å². The topological polar surface area (TPSA) is 102 Å². The van der Waals surface area contributed by atoms with E-state index in [1.807, 2.05) is 0 Å². The third kappa shape index (κ3) is 38.6. The minimum Gasteiger partial charge on any atom is -0.544 e. The van der Waals surface area contributed by atoms with Crippen molar-refractivity contribution in [2.45, 2.75) is 206 Å². The van der Waals surface area contributed by atoms with E-state index < -0.39 is 18.1 Å². The van der Waals surface area contributed by atoms with E-state index in [0.717, 1.165) is 64.2 Å². The minimum atomic E-state index is -1.13. The number of likely N-dealkylation sites (N-methyl/N-ethyl adjacent to an activating group) is 1. The van der Waals surface area contributed by atoms with Gasteiger partial charge in [0.25, 0.3) is 0 Å². The molecule has 2 atom stereocenters. The van der Waals surface area contributed by atoms with Gasteiger partial charge in [-0.2, -0.15) is 0 Å². The fourth-order valence-corrected chi connectivity index (χ4v) is 6.65. The van der Waals surface area contributed by atoms with Gasteiger partial charge in [0.05, 0.1) is 40.3 Å². The van der Waals surface area contributed by atoms with Crippen molar-refractivity contribution in [2.75, 3.05) is 41.0 Å². The number of carboxylic acids is 1. The molecule has 8 heteroatoms. The van der Waals surface area contributed by atoms with E-state index >= 15 is 0 Å². The van der Waals surface area contributed by atoms with E-state index in [2.05, 4.69) is 62.5 Å². The van der Waals surface area contributed by atoms with Crippen LogP contribution >= 0.6 is 0 Å². The molecule has 57 heavy (non-hydrogen) atoms. The largest absolute Gasteiger partial charge is 0.544 e. The number of carbonyl (C=O) groups excluding carboxylic acids is 3. The number of carbonyl (C=O) groups is 3. The lowest BCUT2D eigenvalue weighted by Crippen LogP contribution is -2.55. The van der Waals surface area contributed by atoms with Crippen LogP contribution in [-0.2, 0) is 28.6 Å². The van der Waals surface area contributed by atoms with Crippen molar-refractivity contribution in [3.8, 4) is 0 Å². The SMILES string of the molecule is CC/C=C/C=C/C=C/CCCCCCCCCC(=O)OCC(COCCC(C(=O)[O-])[N+](C)(C)C)OC(=O)CCCCCCC/C=C/CCCCCCCCCCC. The molecular formula is C49H87NO7. The molecule has 330 valence electrons. The molecule has 0 fully saturated rings. The summed E-state index contributed by atoms with van der Waals surface area (Å²) in [6.45, 7) is 4.52. The van der Waals surface area contributed by atoms with E-state index in [1.54, 1.807) is 21.1 Å². The highest BCUT2D eigenvalue weighted by atomic mass is 16.6. The van der Waals surface area contributed by atoms with Crippen molar-refractivity contribution >= 4 is 17.9 Å². The molecule has 2 unspecified atom stereocenters. The van der Waals surface area contributed by atoms with Gasteiger partial charge < -0.3 is 28.6 Å². The second-order valence-electron chi connectivity index (χ2n) is 16.7. The second kappa shape index (κ2) is 40.1. The van der Waals surface area contributed by atoms with Gasteiger partial charge in [-0.25, -0.2) is 0 Å². The number of allylic oxidation sites excluding steroid dienone is 8. The predicted octanol–water partition coefficient (Wildman–Crippen LogP) is 11.5. The van der Waals surface area contributed by atoms with Gasteiger partial charge >= 0.3 is 11.9 Å². The summed E-state index contributed by atoms with van der Waals surface area (Å²) >= 11 is 0.